The zero-order valence-corrected chi connectivity index (χ0v) is 14.7. The van der Waals surface area contributed by atoms with Crippen LogP contribution in [0.3, 0.4) is 0 Å². The molecule has 3 N–H and O–H groups in total. The Morgan fingerprint density at radius 2 is 1.83 bits per heavy atom. The van der Waals surface area contributed by atoms with E-state index < -0.39 is 21.8 Å². The molecule has 2 amide bonds. The van der Waals surface area contributed by atoms with Crippen molar-refractivity contribution in [2.45, 2.75) is 36.6 Å². The second kappa shape index (κ2) is 7.40. The topological polar surface area (TPSA) is 113 Å². The summed E-state index contributed by atoms with van der Waals surface area (Å²) in [6.45, 7) is 0. The van der Waals surface area contributed by atoms with Gasteiger partial charge in [-0.15, -0.1) is 0 Å². The number of hydrogen-bond donors (Lipinski definition) is 3. The molecule has 0 aliphatic heterocycles. The molecule has 0 unspecified atom stereocenters. The van der Waals surface area contributed by atoms with Gasteiger partial charge in [-0.25, -0.2) is 13.2 Å². The van der Waals surface area contributed by atoms with Gasteiger partial charge >= 0.3 is 12.0 Å². The van der Waals surface area contributed by atoms with Crippen molar-refractivity contribution < 1.29 is 23.1 Å². The molecule has 1 aliphatic carbocycles. The number of benzene rings is 1. The molecule has 0 heterocycles. The number of hydrogen-bond acceptors (Lipinski definition) is 4. The Hall–Kier alpha value is -1.80. The minimum atomic E-state index is -3.49. The van der Waals surface area contributed by atoms with E-state index in [-0.39, 0.29) is 21.9 Å². The summed E-state index contributed by atoms with van der Waals surface area (Å²) in [5.74, 6) is -1.15. The van der Waals surface area contributed by atoms with Crippen molar-refractivity contribution in [3.63, 3.8) is 0 Å². The van der Waals surface area contributed by atoms with E-state index >= 15 is 0 Å². The predicted octanol–water partition coefficient (Wildman–Crippen LogP) is 2.51. The van der Waals surface area contributed by atoms with Crippen LogP contribution in [0.15, 0.2) is 23.1 Å². The van der Waals surface area contributed by atoms with E-state index in [9.17, 15) is 18.0 Å². The summed E-state index contributed by atoms with van der Waals surface area (Å²) in [6.07, 6.45) is 3.29. The van der Waals surface area contributed by atoms with Crippen LogP contribution in [0.25, 0.3) is 0 Å². The van der Waals surface area contributed by atoms with Crippen molar-refractivity contribution in [1.29, 1.82) is 0 Å². The Kier molecular flexibility index (Phi) is 5.71. The second-order valence-corrected chi connectivity index (χ2v) is 8.29. The molecule has 0 radical (unpaired) electrons. The van der Waals surface area contributed by atoms with Crippen LogP contribution in [0.1, 0.15) is 25.7 Å². The number of amides is 2. The molecule has 0 aromatic heterocycles. The predicted molar refractivity (Wildman–Crippen MR) is 90.1 cm³/mol. The van der Waals surface area contributed by atoms with E-state index in [4.69, 9.17) is 16.7 Å². The lowest BCUT2D eigenvalue weighted by Crippen LogP contribution is -2.41. The number of sulfone groups is 1. The minimum absolute atomic E-state index is 0.0519. The van der Waals surface area contributed by atoms with Crippen LogP contribution < -0.4 is 10.6 Å². The van der Waals surface area contributed by atoms with Crippen molar-refractivity contribution in [3.8, 4) is 0 Å². The lowest BCUT2D eigenvalue weighted by Gasteiger charge is -2.26. The largest absolute Gasteiger partial charge is 0.481 e. The van der Waals surface area contributed by atoms with Crippen LogP contribution in [-0.2, 0) is 14.6 Å². The first-order chi connectivity index (χ1) is 11.2. The van der Waals surface area contributed by atoms with Crippen LogP contribution in [0, 0.1) is 5.92 Å². The fraction of sp³-hybridized carbons (Fsp3) is 0.467. The summed E-state index contributed by atoms with van der Waals surface area (Å²) in [5, 5.41) is 14.4. The monoisotopic (exact) mass is 374 g/mol. The summed E-state index contributed by atoms with van der Waals surface area (Å²) in [7, 11) is -3.49. The Bertz CT molecular complexity index is 742. The summed E-state index contributed by atoms with van der Waals surface area (Å²) in [4.78, 5) is 22.9. The molecule has 1 aromatic rings. The van der Waals surface area contributed by atoms with Crippen LogP contribution in [0.5, 0.6) is 0 Å². The average Bonchev–Trinajstić information content (AvgIpc) is 2.48. The Labute approximate surface area is 145 Å². The molecule has 1 fully saturated rings. The van der Waals surface area contributed by atoms with Crippen molar-refractivity contribution in [2.24, 2.45) is 5.92 Å². The van der Waals surface area contributed by atoms with Gasteiger partial charge in [0.15, 0.2) is 9.84 Å². The fourth-order valence-corrected chi connectivity index (χ4v) is 4.00. The van der Waals surface area contributed by atoms with Crippen molar-refractivity contribution >= 4 is 39.1 Å². The normalized spacial score (nSPS) is 21.1. The first kappa shape index (κ1) is 18.5. The van der Waals surface area contributed by atoms with Gasteiger partial charge < -0.3 is 15.7 Å². The third-order valence-electron chi connectivity index (χ3n) is 4.00. The molecule has 9 heteroatoms. The van der Waals surface area contributed by atoms with Crippen LogP contribution in [0.2, 0.25) is 5.02 Å². The van der Waals surface area contributed by atoms with E-state index in [0.717, 1.165) is 6.26 Å². The molecule has 0 saturated heterocycles. The van der Waals surface area contributed by atoms with Gasteiger partial charge in [0, 0.05) is 18.0 Å². The molecule has 7 nitrogen and oxygen atoms in total. The van der Waals surface area contributed by atoms with Gasteiger partial charge in [0.25, 0.3) is 0 Å². The minimum Gasteiger partial charge on any atom is -0.481 e. The first-order valence-corrected chi connectivity index (χ1v) is 9.73. The lowest BCUT2D eigenvalue weighted by atomic mass is 9.86. The number of halogens is 1. The molecular weight excluding hydrogens is 356 g/mol. The lowest BCUT2D eigenvalue weighted by molar-refractivity contribution is -0.142. The standard InChI is InChI=1S/C15H19ClN2O5S/c1-24(22,23)13-8-11(6-7-12(13)16)18-15(21)17-10-4-2-9(3-5-10)14(19)20/h6-10H,2-5H2,1H3,(H,19,20)(H2,17,18,21). The highest BCUT2D eigenvalue weighted by atomic mass is 35.5. The second-order valence-electron chi connectivity index (χ2n) is 5.90. The fourth-order valence-electron chi connectivity index (χ4n) is 2.70. The molecule has 0 bridgehead atoms. The molecule has 132 valence electrons. The van der Waals surface area contributed by atoms with Gasteiger partial charge in [-0.1, -0.05) is 11.6 Å². The van der Waals surface area contributed by atoms with Gasteiger partial charge in [-0.05, 0) is 43.9 Å². The zero-order chi connectivity index (χ0) is 17.9. The van der Waals surface area contributed by atoms with Gasteiger partial charge in [0.05, 0.1) is 15.8 Å². The third-order valence-corrected chi connectivity index (χ3v) is 5.58. The summed E-state index contributed by atoms with van der Waals surface area (Å²) < 4.78 is 23.3. The number of nitrogens with one attached hydrogen (secondary N) is 2. The molecule has 0 spiro atoms. The van der Waals surface area contributed by atoms with E-state index in [1.165, 1.54) is 18.2 Å². The number of aliphatic carboxylic acids is 1. The van der Waals surface area contributed by atoms with Crippen molar-refractivity contribution in [2.75, 3.05) is 11.6 Å². The smallest absolute Gasteiger partial charge is 0.319 e. The van der Waals surface area contributed by atoms with E-state index in [0.29, 0.717) is 31.4 Å². The Balaban J connectivity index is 1.95. The number of carboxylic acid groups (broad SMARTS) is 1. The van der Waals surface area contributed by atoms with Crippen LogP contribution >= 0.6 is 11.6 Å². The summed E-state index contributed by atoms with van der Waals surface area (Å²) in [5.41, 5.74) is 0.316. The van der Waals surface area contributed by atoms with Gasteiger partial charge in [0.2, 0.25) is 0 Å². The van der Waals surface area contributed by atoms with E-state index in [1.807, 2.05) is 0 Å². The quantitative estimate of drug-likeness (QED) is 0.749. The highest BCUT2D eigenvalue weighted by Gasteiger charge is 2.26. The van der Waals surface area contributed by atoms with E-state index in [1.54, 1.807) is 0 Å². The molecule has 0 atom stereocenters. The first-order valence-electron chi connectivity index (χ1n) is 7.46. The maximum atomic E-state index is 12.0. The highest BCUT2D eigenvalue weighted by molar-refractivity contribution is 7.90. The van der Waals surface area contributed by atoms with Crippen molar-refractivity contribution in [1.82, 2.24) is 5.32 Å². The van der Waals surface area contributed by atoms with Crippen LogP contribution in [0.4, 0.5) is 10.5 Å². The van der Waals surface area contributed by atoms with Crippen molar-refractivity contribution in [3.05, 3.63) is 23.2 Å². The number of carboxylic acids is 1. The summed E-state index contributed by atoms with van der Waals surface area (Å²) >= 11 is 5.86. The number of urea groups is 1. The van der Waals surface area contributed by atoms with Gasteiger partial charge in [-0.2, -0.15) is 0 Å². The summed E-state index contributed by atoms with van der Waals surface area (Å²) in [6, 6.07) is 3.67. The maximum absolute atomic E-state index is 12.0. The Morgan fingerprint density at radius 1 is 1.21 bits per heavy atom. The van der Waals surface area contributed by atoms with Gasteiger partial charge in [-0.3, -0.25) is 4.79 Å². The highest BCUT2D eigenvalue weighted by Crippen LogP contribution is 2.26. The molecule has 1 aliphatic rings. The molecule has 1 saturated carbocycles. The molecular formula is C15H19ClN2O5S. The number of carbonyl (C=O) groups is 2. The maximum Gasteiger partial charge on any atom is 0.319 e. The Morgan fingerprint density at radius 3 is 2.38 bits per heavy atom. The van der Waals surface area contributed by atoms with Gasteiger partial charge in [0.1, 0.15) is 0 Å². The third kappa shape index (κ3) is 4.85. The van der Waals surface area contributed by atoms with E-state index in [2.05, 4.69) is 10.6 Å². The molecule has 2 rings (SSSR count). The SMILES string of the molecule is CS(=O)(=O)c1cc(NC(=O)NC2CCC(C(=O)O)CC2)ccc1Cl. The number of anilines is 1. The zero-order valence-electron chi connectivity index (χ0n) is 13.1. The number of carbonyl (C=O) groups excluding carboxylic acids is 1. The average molecular weight is 375 g/mol. The number of rotatable bonds is 4. The van der Waals surface area contributed by atoms with Crippen LogP contribution in [-0.4, -0.2) is 37.8 Å². The molecule has 24 heavy (non-hydrogen) atoms. The molecule has 1 aromatic carbocycles.